The van der Waals surface area contributed by atoms with Crippen molar-refractivity contribution in [3.8, 4) is 0 Å². The van der Waals surface area contributed by atoms with Gasteiger partial charge in [-0.15, -0.1) is 0 Å². The highest BCUT2D eigenvalue weighted by Gasteiger charge is 2.42. The van der Waals surface area contributed by atoms with Crippen LogP contribution in [0.25, 0.3) is 0 Å². The van der Waals surface area contributed by atoms with Gasteiger partial charge in [0.25, 0.3) is 0 Å². The molecule has 0 bridgehead atoms. The lowest BCUT2D eigenvalue weighted by Gasteiger charge is -2.31. The van der Waals surface area contributed by atoms with Crippen LogP contribution in [0.5, 0.6) is 0 Å². The number of nitrogens with two attached hydrogens (primary N) is 2. The maximum atomic E-state index is 14.0. The minimum Gasteiger partial charge on any atom is -0.480 e. The zero-order valence-corrected chi connectivity index (χ0v) is 45.0. The molecule has 0 radical (unpaired) electrons. The number of nitrogens with zero attached hydrogens (tertiary/aromatic N) is 4. The van der Waals surface area contributed by atoms with E-state index in [2.05, 4.69) is 38.5 Å². The van der Waals surface area contributed by atoms with E-state index in [0.29, 0.717) is 16.5 Å². The molecular formula is C49H87N11O17. The second-order valence-corrected chi connectivity index (χ2v) is 19.4. The Bertz CT molecular complexity index is 1940. The number of hydroxylamine groups is 4. The molecule has 28 heteroatoms. The van der Waals surface area contributed by atoms with E-state index in [4.69, 9.17) is 11.5 Å². The van der Waals surface area contributed by atoms with Crippen molar-refractivity contribution in [2.75, 3.05) is 32.8 Å². The minimum atomic E-state index is -2.65. The molecule has 0 aromatic carbocycles. The lowest BCUT2D eigenvalue weighted by atomic mass is 9.93. The first-order chi connectivity index (χ1) is 36.4. The average molecular weight is 1100 g/mol. The summed E-state index contributed by atoms with van der Waals surface area (Å²) in [6, 6.07) is -9.78. The Morgan fingerprint density at radius 2 is 1.18 bits per heavy atom. The highest BCUT2D eigenvalue weighted by atomic mass is 16.5. The zero-order chi connectivity index (χ0) is 58.2. The number of hydrogen-bond donors (Lipinski definition) is 14. The molecule has 8 amide bonds. The Balaban J connectivity index is 3.21. The lowest BCUT2D eigenvalue weighted by molar-refractivity contribution is -0.163. The van der Waals surface area contributed by atoms with E-state index < -0.39 is 120 Å². The van der Waals surface area contributed by atoms with Crippen molar-refractivity contribution in [2.45, 2.75) is 205 Å². The van der Waals surface area contributed by atoms with Crippen LogP contribution in [0, 0.1) is 5.92 Å². The summed E-state index contributed by atoms with van der Waals surface area (Å²) in [6.07, 6.45) is 7.36. The summed E-state index contributed by atoms with van der Waals surface area (Å²) in [5.41, 5.74) is 10.9. The highest BCUT2D eigenvalue weighted by Crippen LogP contribution is 2.21. The van der Waals surface area contributed by atoms with Gasteiger partial charge in [-0.2, -0.15) is 0 Å². The van der Waals surface area contributed by atoms with E-state index in [9.17, 15) is 83.9 Å². The number of hydrogen-bond acceptors (Lipinski definition) is 16. The summed E-state index contributed by atoms with van der Waals surface area (Å²) < 4.78 is 0. The monoisotopic (exact) mass is 1100 g/mol. The standard InChI is InChI=1S/C49H87N11O17/c1-5-6-7-8-9-10-11-12-13-14-15-24-38(64)53-33(20-16-25-52-49(50)51)40(65)30(2)42(67)57-39(41(66)48(74)75)45(70)56-36(29-61)46(71)58-26-19-23-37(58)44(69)54-34(21-17-27-59(76)31(3)62)43(68)55-35(47(72)73)22-18-28-60(77)32(4)63/h30,33-37,39-41,61,65-66,76-77H,5-29H2,1-4H3,(H,53,64)(H,54,69)(H,55,68)(H,56,70)(H,57,67)(H,72,73)(H,74,75)(H4,50,51,52)/t30-,33-,34-,35-,36+,37-,39-,40-,41-/m0/s1. The van der Waals surface area contributed by atoms with Crippen molar-refractivity contribution in [1.82, 2.24) is 41.6 Å². The summed E-state index contributed by atoms with van der Waals surface area (Å²) in [4.78, 5) is 134. The first-order valence-corrected chi connectivity index (χ1v) is 26.6. The molecule has 1 saturated heterocycles. The summed E-state index contributed by atoms with van der Waals surface area (Å²) >= 11 is 0. The van der Waals surface area contributed by atoms with Gasteiger partial charge >= 0.3 is 11.9 Å². The fourth-order valence-electron chi connectivity index (χ4n) is 8.52. The molecule has 16 N–H and O–H groups in total. The van der Waals surface area contributed by atoms with Gasteiger partial charge in [0.1, 0.15) is 30.2 Å². The molecule has 0 aromatic heterocycles. The number of aliphatic hydroxyl groups excluding tert-OH is 3. The first-order valence-electron chi connectivity index (χ1n) is 26.6. The molecule has 1 heterocycles. The van der Waals surface area contributed by atoms with Crippen molar-refractivity contribution in [3.05, 3.63) is 0 Å². The molecule has 0 unspecified atom stereocenters. The van der Waals surface area contributed by atoms with Crippen molar-refractivity contribution < 1.29 is 83.9 Å². The third kappa shape index (κ3) is 26.6. The van der Waals surface area contributed by atoms with Crippen molar-refractivity contribution in [3.63, 3.8) is 0 Å². The number of aliphatic hydroxyl groups is 3. The smallest absolute Gasteiger partial charge is 0.335 e. The number of unbranched alkanes of at least 4 members (excludes halogenated alkanes) is 10. The number of guanidine groups is 1. The van der Waals surface area contributed by atoms with E-state index in [-0.39, 0.29) is 89.9 Å². The highest BCUT2D eigenvalue weighted by molar-refractivity contribution is 5.98. The summed E-state index contributed by atoms with van der Waals surface area (Å²) in [6.45, 7) is 3.80. The summed E-state index contributed by atoms with van der Waals surface area (Å²) in [5, 5.41) is 83.9. The third-order valence-electron chi connectivity index (χ3n) is 13.1. The molecular weight excluding hydrogens is 1010 g/mol. The molecule has 0 aliphatic carbocycles. The number of nitrogens with one attached hydrogen (secondary N) is 5. The number of amides is 8. The number of aliphatic imine (C=N–C) groups is 1. The normalized spacial score (nSPS) is 16.2. The Morgan fingerprint density at radius 3 is 1.69 bits per heavy atom. The number of carbonyl (C=O) groups is 10. The fourth-order valence-corrected chi connectivity index (χ4v) is 8.52. The average Bonchev–Trinajstić information content (AvgIpc) is 3.88. The lowest BCUT2D eigenvalue weighted by Crippen LogP contribution is -2.62. The van der Waals surface area contributed by atoms with Crippen LogP contribution < -0.4 is 38.1 Å². The number of carbonyl (C=O) groups excluding carboxylic acids is 8. The molecule has 1 rings (SSSR count). The van der Waals surface area contributed by atoms with E-state index in [1.807, 2.05) is 0 Å². The Hall–Kier alpha value is -6.23. The topological polar surface area (TPSA) is 447 Å². The second kappa shape index (κ2) is 37.5. The van der Waals surface area contributed by atoms with E-state index >= 15 is 0 Å². The van der Waals surface area contributed by atoms with Crippen molar-refractivity contribution >= 4 is 65.2 Å². The number of aliphatic carboxylic acids is 2. The van der Waals surface area contributed by atoms with Gasteiger partial charge in [-0.05, 0) is 57.8 Å². The predicted molar refractivity (Wildman–Crippen MR) is 276 cm³/mol. The predicted octanol–water partition coefficient (Wildman–Crippen LogP) is -1.29. The van der Waals surface area contributed by atoms with E-state index in [1.54, 1.807) is 0 Å². The molecule has 1 fully saturated rings. The zero-order valence-electron chi connectivity index (χ0n) is 45.0. The maximum Gasteiger partial charge on any atom is 0.335 e. The first kappa shape index (κ1) is 68.8. The van der Waals surface area contributed by atoms with Gasteiger partial charge in [0, 0.05) is 46.4 Å². The molecule has 0 saturated carbocycles. The SMILES string of the molecule is CCCCCCCCCCCCCC(=O)N[C@@H](CCCN=C(N)N)[C@@H](O)[C@H](C)C(=O)N[C@H](C(=O)N[C@H](CO)C(=O)N1CCC[C@H]1C(=O)N[C@@H](CCCN(O)C(C)=O)C(=O)N[C@@H](CCCN(O)C(C)=O)C(=O)O)[C@H](O)C(=O)O. The van der Waals surface area contributed by atoms with Crippen LogP contribution in [-0.2, 0) is 47.9 Å². The van der Waals surface area contributed by atoms with E-state index in [0.717, 1.165) is 50.9 Å². The Labute approximate surface area is 449 Å². The van der Waals surface area contributed by atoms with Crippen LogP contribution in [-0.4, -0.2) is 197 Å². The number of carboxylic acids is 2. The van der Waals surface area contributed by atoms with Crippen LogP contribution in [0.1, 0.15) is 156 Å². The Kier molecular flexibility index (Phi) is 33.5. The summed E-state index contributed by atoms with van der Waals surface area (Å²) in [5.74, 6) is -12.7. The van der Waals surface area contributed by atoms with Crippen LogP contribution in [0.3, 0.4) is 0 Å². The molecule has 1 aliphatic heterocycles. The van der Waals surface area contributed by atoms with Crippen LogP contribution in [0.2, 0.25) is 0 Å². The maximum absolute atomic E-state index is 14.0. The van der Waals surface area contributed by atoms with Gasteiger partial charge in [0.2, 0.25) is 47.3 Å². The number of carboxylic acid groups (broad SMARTS) is 2. The molecule has 440 valence electrons. The van der Waals surface area contributed by atoms with Gasteiger partial charge in [0.15, 0.2) is 12.1 Å². The number of likely N-dealkylation sites (tertiary alicyclic amines) is 1. The molecule has 0 spiro atoms. The number of rotatable bonds is 40. The largest absolute Gasteiger partial charge is 0.480 e. The van der Waals surface area contributed by atoms with Crippen LogP contribution in [0.4, 0.5) is 0 Å². The van der Waals surface area contributed by atoms with Crippen molar-refractivity contribution in [1.29, 1.82) is 0 Å². The molecule has 77 heavy (non-hydrogen) atoms. The van der Waals surface area contributed by atoms with Gasteiger partial charge in [0.05, 0.1) is 24.7 Å². The molecule has 28 nitrogen and oxygen atoms in total. The van der Waals surface area contributed by atoms with E-state index in [1.165, 1.54) is 39.0 Å². The van der Waals surface area contributed by atoms with Gasteiger partial charge < -0.3 is 68.5 Å². The van der Waals surface area contributed by atoms with Gasteiger partial charge in [-0.1, -0.05) is 78.1 Å². The molecule has 9 atom stereocenters. The minimum absolute atomic E-state index is 0.0238. The molecule has 0 aromatic rings. The van der Waals surface area contributed by atoms with Crippen LogP contribution in [0.15, 0.2) is 4.99 Å². The van der Waals surface area contributed by atoms with Crippen LogP contribution >= 0.6 is 0 Å². The second-order valence-electron chi connectivity index (χ2n) is 19.4. The quantitative estimate of drug-likeness (QED) is 0.0112. The van der Waals surface area contributed by atoms with Gasteiger partial charge in [-0.25, -0.2) is 19.7 Å². The fraction of sp³-hybridized carbons (Fsp3) is 0.776. The molecule has 1 aliphatic rings. The Morgan fingerprint density at radius 1 is 0.649 bits per heavy atom. The van der Waals surface area contributed by atoms with Gasteiger partial charge in [-0.3, -0.25) is 53.8 Å². The third-order valence-corrected chi connectivity index (χ3v) is 13.1. The summed E-state index contributed by atoms with van der Waals surface area (Å²) in [7, 11) is 0. The van der Waals surface area contributed by atoms with Crippen molar-refractivity contribution in [2.24, 2.45) is 22.4 Å².